The van der Waals surface area contributed by atoms with Crippen LogP contribution in [-0.4, -0.2) is 29.7 Å². The molecule has 82 valence electrons. The highest BCUT2D eigenvalue weighted by atomic mass is 16.6. The van der Waals surface area contributed by atoms with Crippen molar-refractivity contribution >= 4 is 5.97 Å². The number of ether oxygens (including phenoxy) is 1. The first-order valence-corrected chi connectivity index (χ1v) is 5.12. The summed E-state index contributed by atoms with van der Waals surface area (Å²) in [5.74, 6) is -0.279. The topological polar surface area (TPSA) is 29.5 Å². The highest BCUT2D eigenvalue weighted by Gasteiger charge is 2.17. The molecule has 1 unspecified atom stereocenters. The Kier molecular flexibility index (Phi) is 6.21. The normalized spacial score (nSPS) is 13.9. The molecule has 14 heavy (non-hydrogen) atoms. The Morgan fingerprint density at radius 3 is 2.36 bits per heavy atom. The number of esters is 1. The van der Waals surface area contributed by atoms with Gasteiger partial charge >= 0.3 is 5.97 Å². The van der Waals surface area contributed by atoms with E-state index in [0.29, 0.717) is 6.04 Å². The molecule has 0 amide bonds. The predicted molar refractivity (Wildman–Crippen MR) is 57.9 cm³/mol. The molecule has 0 radical (unpaired) electrons. The summed E-state index contributed by atoms with van der Waals surface area (Å²) in [7, 11) is 0. The third-order valence-corrected chi connectivity index (χ3v) is 2.08. The number of nitrogens with zero attached hydrogens (tertiary/aromatic N) is 1. The van der Waals surface area contributed by atoms with Crippen molar-refractivity contribution in [3.05, 3.63) is 12.2 Å². The molecule has 0 aliphatic heterocycles. The lowest BCUT2D eigenvalue weighted by molar-refractivity contribution is -0.152. The van der Waals surface area contributed by atoms with E-state index >= 15 is 0 Å². The number of hydrogen-bond donors (Lipinski definition) is 0. The minimum absolute atomic E-state index is 0.163. The molecule has 0 heterocycles. The zero-order valence-electron chi connectivity index (χ0n) is 9.78. The molecule has 0 fully saturated rings. The van der Waals surface area contributed by atoms with Crippen LogP contribution in [-0.2, 0) is 9.53 Å². The summed E-state index contributed by atoms with van der Waals surface area (Å²) in [6.45, 7) is 10.8. The van der Waals surface area contributed by atoms with Crippen molar-refractivity contribution in [1.82, 2.24) is 4.90 Å². The largest absolute Gasteiger partial charge is 0.443 e. The Bertz CT molecular complexity index is 199. The summed E-state index contributed by atoms with van der Waals surface area (Å²) in [6.07, 6.45) is 2.95. The van der Waals surface area contributed by atoms with Crippen LogP contribution in [0.15, 0.2) is 12.2 Å². The number of hydrogen-bond acceptors (Lipinski definition) is 3. The van der Waals surface area contributed by atoms with Crippen molar-refractivity contribution in [2.75, 3.05) is 6.54 Å². The molecule has 0 spiro atoms. The maximum Gasteiger partial charge on any atom is 0.331 e. The third-order valence-electron chi connectivity index (χ3n) is 2.08. The second kappa shape index (κ2) is 6.60. The summed E-state index contributed by atoms with van der Waals surface area (Å²) in [5, 5.41) is 0. The van der Waals surface area contributed by atoms with Crippen LogP contribution < -0.4 is 0 Å². The van der Waals surface area contributed by atoms with Gasteiger partial charge in [-0.1, -0.05) is 13.0 Å². The molecule has 3 heteroatoms. The average Bonchev–Trinajstić information content (AvgIpc) is 2.04. The molecule has 0 N–H and O–H groups in total. The standard InChI is InChI=1S/C11H21NO2/c1-6-8-11(13)14-10(5)12(7-2)9(3)4/h6,8-10H,7H2,1-5H3/b8-6-. The molecule has 0 bridgehead atoms. The minimum Gasteiger partial charge on any atom is -0.443 e. The van der Waals surface area contributed by atoms with Gasteiger partial charge in [-0.3, -0.25) is 4.90 Å². The second-order valence-electron chi connectivity index (χ2n) is 3.46. The van der Waals surface area contributed by atoms with Crippen molar-refractivity contribution in [1.29, 1.82) is 0 Å². The predicted octanol–water partition coefficient (Wildman–Crippen LogP) is 2.18. The van der Waals surface area contributed by atoms with Gasteiger partial charge in [-0.15, -0.1) is 0 Å². The smallest absolute Gasteiger partial charge is 0.331 e. The molecule has 1 atom stereocenters. The summed E-state index contributed by atoms with van der Waals surface area (Å²) >= 11 is 0. The first-order valence-electron chi connectivity index (χ1n) is 5.12. The number of allylic oxidation sites excluding steroid dienone is 1. The van der Waals surface area contributed by atoms with E-state index in [0.717, 1.165) is 6.54 Å². The van der Waals surface area contributed by atoms with E-state index in [-0.39, 0.29) is 12.2 Å². The highest BCUT2D eigenvalue weighted by molar-refractivity contribution is 5.81. The molecule has 0 aliphatic rings. The van der Waals surface area contributed by atoms with Gasteiger partial charge in [-0.25, -0.2) is 4.79 Å². The van der Waals surface area contributed by atoms with Crippen LogP contribution >= 0.6 is 0 Å². The van der Waals surface area contributed by atoms with Crippen LogP contribution in [0.1, 0.15) is 34.6 Å². The van der Waals surface area contributed by atoms with Crippen molar-refractivity contribution in [3.63, 3.8) is 0 Å². The van der Waals surface area contributed by atoms with E-state index in [1.54, 1.807) is 13.0 Å². The second-order valence-corrected chi connectivity index (χ2v) is 3.46. The van der Waals surface area contributed by atoms with Crippen LogP contribution in [0.3, 0.4) is 0 Å². The van der Waals surface area contributed by atoms with E-state index in [1.807, 2.05) is 6.92 Å². The van der Waals surface area contributed by atoms with E-state index in [9.17, 15) is 4.79 Å². The SMILES string of the molecule is C/C=C\C(=O)OC(C)N(CC)C(C)C. The van der Waals surface area contributed by atoms with Crippen molar-refractivity contribution in [2.45, 2.75) is 46.9 Å². The molecule has 3 nitrogen and oxygen atoms in total. The molecule has 0 saturated carbocycles. The molecule has 0 rings (SSSR count). The van der Waals surface area contributed by atoms with E-state index < -0.39 is 0 Å². The highest BCUT2D eigenvalue weighted by Crippen LogP contribution is 2.06. The Morgan fingerprint density at radius 2 is 2.00 bits per heavy atom. The Labute approximate surface area is 86.7 Å². The fourth-order valence-electron chi connectivity index (χ4n) is 1.45. The lowest BCUT2D eigenvalue weighted by atomic mass is 10.3. The monoisotopic (exact) mass is 199 g/mol. The van der Waals surface area contributed by atoms with Crippen LogP contribution in [0.2, 0.25) is 0 Å². The maximum absolute atomic E-state index is 11.2. The molecule has 0 aliphatic carbocycles. The molecule has 0 aromatic rings. The van der Waals surface area contributed by atoms with Crippen molar-refractivity contribution in [3.8, 4) is 0 Å². The fourth-order valence-corrected chi connectivity index (χ4v) is 1.45. The lowest BCUT2D eigenvalue weighted by Crippen LogP contribution is -2.40. The lowest BCUT2D eigenvalue weighted by Gasteiger charge is -2.30. The van der Waals surface area contributed by atoms with Gasteiger partial charge in [0.05, 0.1) is 0 Å². The molecule has 0 aromatic carbocycles. The zero-order chi connectivity index (χ0) is 11.1. The van der Waals surface area contributed by atoms with Crippen LogP contribution in [0.4, 0.5) is 0 Å². The zero-order valence-corrected chi connectivity index (χ0v) is 9.78. The van der Waals surface area contributed by atoms with Crippen molar-refractivity contribution < 1.29 is 9.53 Å². The fraction of sp³-hybridized carbons (Fsp3) is 0.727. The Morgan fingerprint density at radius 1 is 1.43 bits per heavy atom. The number of carbonyl (C=O) groups excluding carboxylic acids is 1. The van der Waals surface area contributed by atoms with E-state index in [2.05, 4.69) is 25.7 Å². The summed E-state index contributed by atoms with van der Waals surface area (Å²) in [4.78, 5) is 13.3. The summed E-state index contributed by atoms with van der Waals surface area (Å²) in [5.41, 5.74) is 0. The first-order chi connectivity index (χ1) is 6.52. The van der Waals surface area contributed by atoms with Crippen molar-refractivity contribution in [2.24, 2.45) is 0 Å². The molecule has 0 saturated heterocycles. The van der Waals surface area contributed by atoms with Crippen LogP contribution in [0.25, 0.3) is 0 Å². The van der Waals surface area contributed by atoms with Gasteiger partial charge in [-0.05, 0) is 34.2 Å². The van der Waals surface area contributed by atoms with Gasteiger partial charge in [0.25, 0.3) is 0 Å². The number of rotatable bonds is 5. The minimum atomic E-state index is -0.279. The number of carbonyl (C=O) groups is 1. The van der Waals surface area contributed by atoms with Gasteiger partial charge < -0.3 is 4.74 Å². The van der Waals surface area contributed by atoms with Gasteiger partial charge in [0.1, 0.15) is 0 Å². The molecular weight excluding hydrogens is 178 g/mol. The molecular formula is C11H21NO2. The van der Waals surface area contributed by atoms with Gasteiger partial charge in [-0.2, -0.15) is 0 Å². The van der Waals surface area contributed by atoms with Gasteiger partial charge in [0.15, 0.2) is 6.23 Å². The van der Waals surface area contributed by atoms with Crippen LogP contribution in [0, 0.1) is 0 Å². The third kappa shape index (κ3) is 4.42. The van der Waals surface area contributed by atoms with Gasteiger partial charge in [0, 0.05) is 12.1 Å². The maximum atomic E-state index is 11.2. The molecule has 0 aromatic heterocycles. The van der Waals surface area contributed by atoms with E-state index in [1.165, 1.54) is 6.08 Å². The quantitative estimate of drug-likeness (QED) is 0.386. The average molecular weight is 199 g/mol. The summed E-state index contributed by atoms with van der Waals surface area (Å²) < 4.78 is 5.21. The Balaban J connectivity index is 4.16. The Hall–Kier alpha value is -0.830. The van der Waals surface area contributed by atoms with E-state index in [4.69, 9.17) is 4.74 Å². The van der Waals surface area contributed by atoms with Gasteiger partial charge in [0.2, 0.25) is 0 Å². The van der Waals surface area contributed by atoms with Crippen LogP contribution in [0.5, 0.6) is 0 Å². The summed E-state index contributed by atoms with van der Waals surface area (Å²) in [6, 6.07) is 0.383. The first kappa shape index (κ1) is 13.2.